The van der Waals surface area contributed by atoms with E-state index in [2.05, 4.69) is 77.1 Å². The SMILES string of the molecule is CC=CC1=C(S)c2sc(C)cc2[Si]1(CC(CCCC)CCCCCC)c1ccc(CCCC)cc1. The second-order valence-corrected chi connectivity index (χ2v) is 16.2. The number of unbranched alkanes of at least 4 members (excludes halogenated alkanes) is 5. The highest BCUT2D eigenvalue weighted by Crippen LogP contribution is 2.44. The third-order valence-corrected chi connectivity index (χ3v) is 15.1. The van der Waals surface area contributed by atoms with Crippen molar-refractivity contribution in [1.82, 2.24) is 0 Å². The molecule has 2 heterocycles. The molecule has 2 unspecified atom stereocenters. The zero-order valence-electron chi connectivity index (χ0n) is 23.0. The van der Waals surface area contributed by atoms with Gasteiger partial charge in [0.15, 0.2) is 8.07 Å². The van der Waals surface area contributed by atoms with E-state index in [0.29, 0.717) is 0 Å². The molecule has 0 saturated carbocycles. The number of rotatable bonds is 15. The molecule has 1 aromatic heterocycles. The van der Waals surface area contributed by atoms with Crippen molar-refractivity contribution >= 4 is 47.3 Å². The van der Waals surface area contributed by atoms with Crippen LogP contribution < -0.4 is 10.4 Å². The summed E-state index contributed by atoms with van der Waals surface area (Å²) in [5, 5.41) is 4.81. The average molecular weight is 525 g/mol. The summed E-state index contributed by atoms with van der Waals surface area (Å²) in [4.78, 5) is 4.16. The number of thiophene rings is 1. The van der Waals surface area contributed by atoms with Gasteiger partial charge in [0.1, 0.15) is 0 Å². The molecule has 0 fully saturated rings. The van der Waals surface area contributed by atoms with Gasteiger partial charge in [-0.05, 0) is 65.9 Å². The van der Waals surface area contributed by atoms with Gasteiger partial charge in [-0.15, -0.1) is 24.0 Å². The number of fused-ring (bicyclic) bond motifs is 1. The highest BCUT2D eigenvalue weighted by atomic mass is 32.1. The van der Waals surface area contributed by atoms with Gasteiger partial charge in [-0.25, -0.2) is 0 Å². The lowest BCUT2D eigenvalue weighted by Gasteiger charge is -2.35. The summed E-state index contributed by atoms with van der Waals surface area (Å²) < 4.78 is 0. The van der Waals surface area contributed by atoms with Crippen molar-refractivity contribution in [1.29, 1.82) is 0 Å². The van der Waals surface area contributed by atoms with Crippen LogP contribution in [0.1, 0.15) is 107 Å². The van der Waals surface area contributed by atoms with Crippen LogP contribution in [0.25, 0.3) is 4.91 Å². The molecule has 0 N–H and O–H groups in total. The Morgan fingerprint density at radius 1 is 0.914 bits per heavy atom. The largest absolute Gasteiger partial charge is 0.152 e. The minimum atomic E-state index is -2.13. The summed E-state index contributed by atoms with van der Waals surface area (Å²) >= 11 is 7.17. The first-order valence-corrected chi connectivity index (χ1v) is 17.8. The predicted molar refractivity (Wildman–Crippen MR) is 166 cm³/mol. The van der Waals surface area contributed by atoms with E-state index in [1.54, 1.807) is 15.6 Å². The summed E-state index contributed by atoms with van der Waals surface area (Å²) in [5.74, 6) is 0.797. The highest BCUT2D eigenvalue weighted by Gasteiger charge is 2.49. The molecule has 1 aliphatic rings. The van der Waals surface area contributed by atoms with Gasteiger partial charge in [-0.1, -0.05) is 115 Å². The first-order chi connectivity index (χ1) is 17.0. The molecule has 0 saturated heterocycles. The zero-order valence-corrected chi connectivity index (χ0v) is 25.7. The van der Waals surface area contributed by atoms with Crippen LogP contribution in [0.2, 0.25) is 6.04 Å². The summed E-state index contributed by atoms with van der Waals surface area (Å²) in [6.07, 6.45) is 19.3. The topological polar surface area (TPSA) is 0 Å². The molecule has 35 heavy (non-hydrogen) atoms. The van der Waals surface area contributed by atoms with Crippen LogP contribution in [0, 0.1) is 12.8 Å². The molecule has 0 spiro atoms. The lowest BCUT2D eigenvalue weighted by atomic mass is 9.97. The summed E-state index contributed by atoms with van der Waals surface area (Å²) in [7, 11) is -2.13. The molecule has 2 atom stereocenters. The van der Waals surface area contributed by atoms with Crippen molar-refractivity contribution in [2.45, 2.75) is 111 Å². The van der Waals surface area contributed by atoms with E-state index < -0.39 is 8.07 Å². The maximum atomic E-state index is 5.21. The van der Waals surface area contributed by atoms with Gasteiger partial charge >= 0.3 is 0 Å². The fraction of sp³-hybridized carbons (Fsp3) is 0.562. The Balaban J connectivity index is 2.09. The van der Waals surface area contributed by atoms with Crippen LogP contribution in [-0.4, -0.2) is 8.07 Å². The summed E-state index contributed by atoms with van der Waals surface area (Å²) in [5.41, 5.74) is 1.49. The number of benzene rings is 1. The number of thiol groups is 1. The van der Waals surface area contributed by atoms with E-state index in [1.165, 1.54) is 96.9 Å². The molecular formula is C32H48S2Si. The Kier molecular flexibility index (Phi) is 11.5. The Hall–Kier alpha value is -1.03. The van der Waals surface area contributed by atoms with E-state index in [-0.39, 0.29) is 0 Å². The van der Waals surface area contributed by atoms with Crippen LogP contribution in [0.5, 0.6) is 0 Å². The lowest BCUT2D eigenvalue weighted by Crippen LogP contribution is -2.59. The van der Waals surface area contributed by atoms with E-state index in [1.807, 2.05) is 11.3 Å². The molecular weight excluding hydrogens is 477 g/mol. The second-order valence-electron chi connectivity index (χ2n) is 10.6. The second kappa shape index (κ2) is 14.0. The van der Waals surface area contributed by atoms with E-state index in [9.17, 15) is 0 Å². The third kappa shape index (κ3) is 6.65. The van der Waals surface area contributed by atoms with Gasteiger partial charge in [0, 0.05) is 14.7 Å². The zero-order chi connectivity index (χ0) is 25.3. The molecule has 0 bridgehead atoms. The fourth-order valence-electron chi connectivity index (χ4n) is 5.98. The van der Waals surface area contributed by atoms with E-state index in [0.717, 1.165) is 5.92 Å². The Labute approximate surface area is 226 Å². The number of hydrogen-bond donors (Lipinski definition) is 1. The van der Waals surface area contributed by atoms with Crippen LogP contribution in [0.3, 0.4) is 0 Å². The smallest absolute Gasteiger partial charge is 0.142 e. The number of aryl methyl sites for hydroxylation is 2. The Morgan fingerprint density at radius 3 is 2.26 bits per heavy atom. The Bertz CT molecular complexity index is 981. The molecule has 192 valence electrons. The van der Waals surface area contributed by atoms with Crippen molar-refractivity contribution in [2.75, 3.05) is 0 Å². The van der Waals surface area contributed by atoms with Crippen molar-refractivity contribution in [3.63, 3.8) is 0 Å². The van der Waals surface area contributed by atoms with Crippen LogP contribution >= 0.6 is 24.0 Å². The Morgan fingerprint density at radius 2 is 1.60 bits per heavy atom. The molecule has 0 radical (unpaired) electrons. The average Bonchev–Trinajstić information content (AvgIpc) is 3.35. The molecule has 3 heteroatoms. The molecule has 2 aromatic rings. The molecule has 0 aliphatic carbocycles. The fourth-order valence-corrected chi connectivity index (χ4v) is 14.3. The van der Waals surface area contributed by atoms with Gasteiger partial charge < -0.3 is 0 Å². The van der Waals surface area contributed by atoms with Crippen molar-refractivity contribution in [2.24, 2.45) is 5.92 Å². The van der Waals surface area contributed by atoms with Gasteiger partial charge in [0.05, 0.1) is 0 Å². The molecule has 3 rings (SSSR count). The number of allylic oxidation sites excluding steroid dienone is 3. The van der Waals surface area contributed by atoms with Gasteiger partial charge in [-0.2, -0.15) is 0 Å². The molecule has 1 aromatic carbocycles. The van der Waals surface area contributed by atoms with E-state index >= 15 is 0 Å². The number of hydrogen-bond acceptors (Lipinski definition) is 2. The first-order valence-electron chi connectivity index (χ1n) is 14.3. The summed E-state index contributed by atoms with van der Waals surface area (Å²) in [6, 6.07) is 13.8. The van der Waals surface area contributed by atoms with Crippen molar-refractivity contribution < 1.29 is 0 Å². The van der Waals surface area contributed by atoms with Gasteiger partial charge in [0.25, 0.3) is 0 Å². The quantitative estimate of drug-likeness (QED) is 0.134. The molecule has 0 nitrogen and oxygen atoms in total. The standard InChI is InChI=1S/C32H48S2Si/c1-6-10-13-14-18-27(17-12-8-3)24-35(28-21-19-26(20-22-28)16-11-7-2)29(15-9-4)31(33)32-30(35)23-25(5)34-32/h9,15,19-23,27,33H,6-8,10-14,16-18,24H2,1-5H3. The van der Waals surface area contributed by atoms with Gasteiger partial charge in [-0.3, -0.25) is 0 Å². The normalized spacial score (nSPS) is 18.6. The van der Waals surface area contributed by atoms with Crippen molar-refractivity contribution in [3.8, 4) is 0 Å². The maximum absolute atomic E-state index is 5.21. The predicted octanol–water partition coefficient (Wildman–Crippen LogP) is 9.51. The minimum Gasteiger partial charge on any atom is -0.142 e. The monoisotopic (exact) mass is 524 g/mol. The van der Waals surface area contributed by atoms with Crippen molar-refractivity contribution in [3.05, 3.63) is 63.0 Å². The third-order valence-electron chi connectivity index (χ3n) is 7.87. The first kappa shape index (κ1) is 28.5. The molecule has 1 aliphatic heterocycles. The lowest BCUT2D eigenvalue weighted by molar-refractivity contribution is 0.442. The summed E-state index contributed by atoms with van der Waals surface area (Å²) in [6.45, 7) is 11.4. The van der Waals surface area contributed by atoms with Gasteiger partial charge in [0.2, 0.25) is 0 Å². The van der Waals surface area contributed by atoms with E-state index in [4.69, 9.17) is 12.6 Å². The molecule has 0 amide bonds. The highest BCUT2D eigenvalue weighted by molar-refractivity contribution is 7.91. The van der Waals surface area contributed by atoms with Crippen LogP contribution in [0.15, 0.2) is 47.7 Å². The van der Waals surface area contributed by atoms with Crippen LogP contribution in [-0.2, 0) is 6.42 Å². The maximum Gasteiger partial charge on any atom is 0.152 e. The van der Waals surface area contributed by atoms with Crippen LogP contribution in [0.4, 0.5) is 0 Å². The minimum absolute atomic E-state index is 0.797.